The van der Waals surface area contributed by atoms with Gasteiger partial charge in [0.05, 0.1) is 11.8 Å². The van der Waals surface area contributed by atoms with E-state index in [1.807, 2.05) is 24.0 Å². The minimum atomic E-state index is -3.31. The SMILES string of the molecule is C[C@H]1CN(C(=O)[C@@H]2C[C@H]2c2ccccc2-c2c(F)cccc2F)CCC[C@@H]1NS(C)(=O)=O. The van der Waals surface area contributed by atoms with Gasteiger partial charge in [-0.05, 0) is 54.4 Å². The average Bonchev–Trinajstić information content (AvgIpc) is 3.53. The molecule has 0 radical (unpaired) electrons. The minimum Gasteiger partial charge on any atom is -0.342 e. The number of hydrogen-bond donors (Lipinski definition) is 1. The molecule has 4 atom stereocenters. The van der Waals surface area contributed by atoms with Crippen molar-refractivity contribution in [3.63, 3.8) is 0 Å². The summed E-state index contributed by atoms with van der Waals surface area (Å²) < 4.78 is 54.8. The number of nitrogens with zero attached hydrogens (tertiary/aromatic N) is 1. The quantitative estimate of drug-likeness (QED) is 0.733. The Morgan fingerprint density at radius 3 is 2.47 bits per heavy atom. The Morgan fingerprint density at radius 2 is 1.78 bits per heavy atom. The van der Waals surface area contributed by atoms with Crippen LogP contribution >= 0.6 is 0 Å². The van der Waals surface area contributed by atoms with E-state index in [1.54, 1.807) is 12.1 Å². The molecule has 2 aliphatic rings. The molecule has 1 saturated heterocycles. The third kappa shape index (κ3) is 4.86. The van der Waals surface area contributed by atoms with Gasteiger partial charge in [-0.3, -0.25) is 4.79 Å². The first-order chi connectivity index (χ1) is 15.2. The molecule has 1 aliphatic carbocycles. The Hall–Kier alpha value is -2.32. The van der Waals surface area contributed by atoms with Gasteiger partial charge < -0.3 is 4.90 Å². The number of likely N-dealkylation sites (tertiary alicyclic amines) is 1. The van der Waals surface area contributed by atoms with E-state index in [2.05, 4.69) is 4.72 Å². The molecule has 0 aromatic heterocycles. The average molecular weight is 463 g/mol. The van der Waals surface area contributed by atoms with Crippen LogP contribution < -0.4 is 4.72 Å². The van der Waals surface area contributed by atoms with Gasteiger partial charge in [0.1, 0.15) is 11.6 Å². The molecule has 5 nitrogen and oxygen atoms in total. The number of benzene rings is 2. The number of carbonyl (C=O) groups excluding carboxylic acids is 1. The molecule has 0 spiro atoms. The fourth-order valence-corrected chi connectivity index (χ4v) is 5.75. The highest BCUT2D eigenvalue weighted by Gasteiger charge is 2.47. The molecule has 1 aliphatic heterocycles. The second-order valence-electron chi connectivity index (χ2n) is 9.03. The number of sulfonamides is 1. The van der Waals surface area contributed by atoms with Gasteiger partial charge in [0.25, 0.3) is 0 Å². The summed E-state index contributed by atoms with van der Waals surface area (Å²) in [5.41, 5.74) is 1.22. The van der Waals surface area contributed by atoms with Crippen molar-refractivity contribution in [1.82, 2.24) is 9.62 Å². The predicted octanol–water partition coefficient (Wildman–Crippen LogP) is 3.91. The number of halogens is 2. The lowest BCUT2D eigenvalue weighted by atomic mass is 9.95. The topological polar surface area (TPSA) is 66.5 Å². The van der Waals surface area contributed by atoms with Crippen LogP contribution in [0.1, 0.15) is 37.7 Å². The lowest BCUT2D eigenvalue weighted by molar-refractivity contribution is -0.133. The first kappa shape index (κ1) is 22.9. The first-order valence-corrected chi connectivity index (χ1v) is 12.8. The van der Waals surface area contributed by atoms with E-state index in [1.165, 1.54) is 18.2 Å². The third-order valence-corrected chi connectivity index (χ3v) is 7.25. The molecule has 2 aromatic carbocycles. The van der Waals surface area contributed by atoms with E-state index >= 15 is 0 Å². The summed E-state index contributed by atoms with van der Waals surface area (Å²) in [6, 6.07) is 10.7. The summed E-state index contributed by atoms with van der Waals surface area (Å²) in [5, 5.41) is 0. The van der Waals surface area contributed by atoms with Gasteiger partial charge in [0.2, 0.25) is 15.9 Å². The number of rotatable bonds is 5. The van der Waals surface area contributed by atoms with Crippen molar-refractivity contribution in [2.75, 3.05) is 19.3 Å². The molecule has 1 heterocycles. The largest absolute Gasteiger partial charge is 0.342 e. The van der Waals surface area contributed by atoms with Crippen LogP contribution in [0.3, 0.4) is 0 Å². The van der Waals surface area contributed by atoms with Gasteiger partial charge in [-0.1, -0.05) is 37.3 Å². The maximum Gasteiger partial charge on any atom is 0.226 e. The summed E-state index contributed by atoms with van der Waals surface area (Å²) in [5.74, 6) is -1.52. The summed E-state index contributed by atoms with van der Waals surface area (Å²) in [7, 11) is -3.31. The fourth-order valence-electron chi connectivity index (χ4n) is 4.85. The normalized spacial score (nSPS) is 25.9. The number of hydrogen-bond acceptors (Lipinski definition) is 3. The molecule has 2 fully saturated rings. The molecular formula is C24H28F2N2O3S. The molecule has 1 N–H and O–H groups in total. The summed E-state index contributed by atoms with van der Waals surface area (Å²) in [6.45, 7) is 3.02. The van der Waals surface area contributed by atoms with Crippen LogP contribution in [-0.4, -0.2) is 44.6 Å². The van der Waals surface area contributed by atoms with Crippen molar-refractivity contribution in [3.8, 4) is 11.1 Å². The summed E-state index contributed by atoms with van der Waals surface area (Å²) in [4.78, 5) is 15.1. The fraction of sp³-hybridized carbons (Fsp3) is 0.458. The standard InChI is InChI=1S/C24H28F2N2O3S/c1-15-14-28(12-6-11-22(15)27-32(2,30)31)24(29)19-13-18(19)16-7-3-4-8-17(16)23-20(25)9-5-10-21(23)26/h3-5,7-10,15,18-19,22,27H,6,11-14H2,1-2H3/t15-,18-,19+,22-/m0/s1. The van der Waals surface area contributed by atoms with Crippen LogP contribution in [-0.2, 0) is 14.8 Å². The molecule has 1 amide bonds. The van der Waals surface area contributed by atoms with Gasteiger partial charge in [-0.2, -0.15) is 0 Å². The highest BCUT2D eigenvalue weighted by atomic mass is 32.2. The monoisotopic (exact) mass is 462 g/mol. The highest BCUT2D eigenvalue weighted by Crippen LogP contribution is 2.51. The van der Waals surface area contributed by atoms with E-state index < -0.39 is 21.7 Å². The zero-order chi connectivity index (χ0) is 23.0. The Labute approximate surface area is 187 Å². The van der Waals surface area contributed by atoms with Gasteiger partial charge in [-0.15, -0.1) is 0 Å². The van der Waals surface area contributed by atoms with Crippen molar-refractivity contribution in [1.29, 1.82) is 0 Å². The van der Waals surface area contributed by atoms with Gasteiger partial charge in [0, 0.05) is 25.0 Å². The second kappa shape index (κ2) is 8.90. The van der Waals surface area contributed by atoms with E-state index in [0.29, 0.717) is 31.5 Å². The van der Waals surface area contributed by atoms with Crippen molar-refractivity contribution in [2.45, 2.75) is 38.1 Å². The van der Waals surface area contributed by atoms with Crippen LogP contribution in [0.25, 0.3) is 11.1 Å². The number of carbonyl (C=O) groups is 1. The van der Waals surface area contributed by atoms with Crippen LogP contribution in [0, 0.1) is 23.5 Å². The van der Waals surface area contributed by atoms with E-state index in [4.69, 9.17) is 0 Å². The molecule has 8 heteroatoms. The molecule has 172 valence electrons. The maximum atomic E-state index is 14.4. The van der Waals surface area contributed by atoms with Crippen molar-refractivity contribution in [2.24, 2.45) is 11.8 Å². The Balaban J connectivity index is 1.51. The Morgan fingerprint density at radius 1 is 1.09 bits per heavy atom. The number of nitrogens with one attached hydrogen (secondary N) is 1. The van der Waals surface area contributed by atoms with Crippen molar-refractivity contribution in [3.05, 3.63) is 59.7 Å². The zero-order valence-electron chi connectivity index (χ0n) is 18.2. The molecule has 32 heavy (non-hydrogen) atoms. The maximum absolute atomic E-state index is 14.4. The van der Waals surface area contributed by atoms with E-state index in [9.17, 15) is 22.0 Å². The van der Waals surface area contributed by atoms with Crippen molar-refractivity contribution >= 4 is 15.9 Å². The molecule has 0 unspecified atom stereocenters. The Kier molecular flexibility index (Phi) is 6.36. The lowest BCUT2D eigenvalue weighted by Crippen LogP contribution is -2.42. The second-order valence-corrected chi connectivity index (χ2v) is 10.8. The molecule has 0 bridgehead atoms. The van der Waals surface area contributed by atoms with E-state index in [0.717, 1.165) is 18.2 Å². The highest BCUT2D eigenvalue weighted by molar-refractivity contribution is 7.88. The van der Waals surface area contributed by atoms with Crippen molar-refractivity contribution < 1.29 is 22.0 Å². The van der Waals surface area contributed by atoms with Crippen LogP contribution in [0.15, 0.2) is 42.5 Å². The van der Waals surface area contributed by atoms with Crippen LogP contribution in [0.2, 0.25) is 0 Å². The molecule has 2 aromatic rings. The lowest BCUT2D eigenvalue weighted by Gasteiger charge is -2.26. The van der Waals surface area contributed by atoms with E-state index in [-0.39, 0.29) is 35.3 Å². The predicted molar refractivity (Wildman–Crippen MR) is 119 cm³/mol. The van der Waals surface area contributed by atoms with Crippen LogP contribution in [0.4, 0.5) is 8.78 Å². The molecule has 1 saturated carbocycles. The summed E-state index contributed by atoms with van der Waals surface area (Å²) in [6.07, 6.45) is 3.19. The Bertz CT molecular complexity index is 1100. The van der Waals surface area contributed by atoms with Crippen LogP contribution in [0.5, 0.6) is 0 Å². The smallest absolute Gasteiger partial charge is 0.226 e. The van der Waals surface area contributed by atoms with Gasteiger partial charge in [-0.25, -0.2) is 21.9 Å². The minimum absolute atomic E-state index is 0.00632. The summed E-state index contributed by atoms with van der Waals surface area (Å²) >= 11 is 0. The zero-order valence-corrected chi connectivity index (χ0v) is 19.0. The van der Waals surface area contributed by atoms with Gasteiger partial charge in [0.15, 0.2) is 0 Å². The van der Waals surface area contributed by atoms with Gasteiger partial charge >= 0.3 is 0 Å². The third-order valence-electron chi connectivity index (χ3n) is 6.52. The number of amides is 1. The first-order valence-electron chi connectivity index (χ1n) is 10.9. The molecule has 4 rings (SSSR count). The molecular weight excluding hydrogens is 434 g/mol.